The van der Waals surface area contributed by atoms with Gasteiger partial charge in [0, 0.05) is 43.8 Å². The number of hydrogen-bond donors (Lipinski definition) is 3. The molecule has 5 rings (SSSR count). The van der Waals surface area contributed by atoms with Crippen LogP contribution in [0, 0.1) is 22.9 Å². The Morgan fingerprint density at radius 2 is 1.83 bits per heavy atom. The molecule has 1 fully saturated rings. The lowest BCUT2D eigenvalue weighted by Gasteiger charge is -2.35. The number of H-pyrrole nitrogens is 1. The van der Waals surface area contributed by atoms with Gasteiger partial charge in [0.25, 0.3) is 0 Å². The molecule has 2 aromatic carbocycles. The highest BCUT2D eigenvalue weighted by Crippen LogP contribution is 2.35. The fraction of sp³-hybridized carbons (Fsp3) is 0.310. The first-order valence-corrected chi connectivity index (χ1v) is 13.2. The molecule has 0 unspecified atom stereocenters. The monoisotopic (exact) mass is 582 g/mol. The minimum absolute atomic E-state index is 0.0888. The number of aromatic amines is 1. The summed E-state index contributed by atoms with van der Waals surface area (Å²) in [5, 5.41) is 5.73. The Morgan fingerprint density at radius 3 is 2.55 bits per heavy atom. The van der Waals surface area contributed by atoms with Gasteiger partial charge in [0.1, 0.15) is 5.82 Å². The Labute approximate surface area is 239 Å². The molecule has 3 N–H and O–H groups in total. The van der Waals surface area contributed by atoms with Gasteiger partial charge in [-0.15, -0.1) is 0 Å². The second-order valence-electron chi connectivity index (χ2n) is 9.99. The lowest BCUT2D eigenvalue weighted by Crippen LogP contribution is -2.48. The van der Waals surface area contributed by atoms with E-state index in [1.54, 1.807) is 32.2 Å². The highest BCUT2D eigenvalue weighted by molar-refractivity contribution is 5.82. The Bertz CT molecular complexity index is 1540. The molecule has 10 nitrogen and oxygen atoms in total. The number of carbonyl (C=O) groups is 1. The Balaban J connectivity index is 1.39. The number of hydrogen-bond acceptors (Lipinski definition) is 8. The molecular formula is C29H29F3N6O4. The van der Waals surface area contributed by atoms with Gasteiger partial charge in [0.2, 0.25) is 18.1 Å². The van der Waals surface area contributed by atoms with Crippen LogP contribution in [0.5, 0.6) is 0 Å². The van der Waals surface area contributed by atoms with Crippen molar-refractivity contribution in [2.45, 2.75) is 19.6 Å². The van der Waals surface area contributed by atoms with Gasteiger partial charge in [0.05, 0.1) is 35.7 Å². The molecule has 0 radical (unpaired) electrons. The van der Waals surface area contributed by atoms with Crippen LogP contribution in [-0.4, -0.2) is 59.3 Å². The van der Waals surface area contributed by atoms with Gasteiger partial charge in [-0.05, 0) is 55.8 Å². The van der Waals surface area contributed by atoms with E-state index in [-0.39, 0.29) is 30.8 Å². The van der Waals surface area contributed by atoms with Crippen molar-refractivity contribution in [3.8, 4) is 22.6 Å². The summed E-state index contributed by atoms with van der Waals surface area (Å²) < 4.78 is 57.7. The summed E-state index contributed by atoms with van der Waals surface area (Å²) in [6.07, 6.45) is 1.27. The molecule has 0 aliphatic carbocycles. The van der Waals surface area contributed by atoms with Gasteiger partial charge in [-0.25, -0.2) is 28.1 Å². The lowest BCUT2D eigenvalue weighted by molar-refractivity contribution is -0.231. The van der Waals surface area contributed by atoms with Gasteiger partial charge in [0.15, 0.2) is 17.5 Å². The van der Waals surface area contributed by atoms with Crippen LogP contribution >= 0.6 is 0 Å². The van der Waals surface area contributed by atoms with E-state index in [0.29, 0.717) is 48.0 Å². The molecular weight excluding hydrogens is 553 g/mol. The van der Waals surface area contributed by atoms with E-state index in [4.69, 9.17) is 19.2 Å². The van der Waals surface area contributed by atoms with E-state index in [1.807, 2.05) is 0 Å². The average molecular weight is 583 g/mol. The molecule has 0 spiro atoms. The van der Waals surface area contributed by atoms with Gasteiger partial charge in [-0.3, -0.25) is 4.79 Å². The van der Waals surface area contributed by atoms with Crippen molar-refractivity contribution in [3.05, 3.63) is 78.0 Å². The van der Waals surface area contributed by atoms with Crippen LogP contribution in [0.25, 0.3) is 22.6 Å². The van der Waals surface area contributed by atoms with Gasteiger partial charge >= 0.3 is 0 Å². The summed E-state index contributed by atoms with van der Waals surface area (Å²) in [6, 6.07) is 10.8. The van der Waals surface area contributed by atoms with Crippen LogP contribution in [0.1, 0.15) is 25.5 Å². The van der Waals surface area contributed by atoms with E-state index in [2.05, 4.69) is 25.6 Å². The number of methoxy groups -OCH3 is 1. The zero-order chi connectivity index (χ0) is 29.7. The molecule has 220 valence electrons. The molecule has 0 saturated carbocycles. The summed E-state index contributed by atoms with van der Waals surface area (Å²) in [6.45, 7) is 2.95. The maximum Gasteiger partial charge on any atom is 0.230 e. The molecule has 0 atom stereocenters. The first kappa shape index (κ1) is 29.2. The number of halogens is 3. The predicted molar refractivity (Wildman–Crippen MR) is 147 cm³/mol. The van der Waals surface area contributed by atoms with E-state index >= 15 is 0 Å². The van der Waals surface area contributed by atoms with Gasteiger partial charge in [-0.2, -0.15) is 0 Å². The average Bonchev–Trinajstić information content (AvgIpc) is 3.43. The summed E-state index contributed by atoms with van der Waals surface area (Å²) in [5.41, 5.74) is 1.27. The third-order valence-electron chi connectivity index (χ3n) is 6.62. The first-order valence-electron chi connectivity index (χ1n) is 13.2. The Kier molecular flexibility index (Phi) is 8.80. The molecule has 4 aromatic rings. The highest BCUT2D eigenvalue weighted by atomic mass is 19.2. The molecule has 2 aromatic heterocycles. The molecule has 1 saturated heterocycles. The molecule has 42 heavy (non-hydrogen) atoms. The van der Waals surface area contributed by atoms with Crippen LogP contribution in [0.4, 0.5) is 24.8 Å². The van der Waals surface area contributed by atoms with E-state index in [0.717, 1.165) is 12.1 Å². The number of anilines is 2. The van der Waals surface area contributed by atoms with Crippen molar-refractivity contribution >= 4 is 17.5 Å². The fourth-order valence-corrected chi connectivity index (χ4v) is 4.30. The van der Waals surface area contributed by atoms with Gasteiger partial charge in [-0.1, -0.05) is 0 Å². The topological polar surface area (TPSA) is 123 Å². The Hall–Kier alpha value is -4.33. The lowest BCUT2D eigenvalue weighted by atomic mass is 9.91. The summed E-state index contributed by atoms with van der Waals surface area (Å²) in [4.78, 5) is 29.3. The first-order chi connectivity index (χ1) is 20.3. The van der Waals surface area contributed by atoms with Crippen LogP contribution in [-0.2, 0) is 19.0 Å². The summed E-state index contributed by atoms with van der Waals surface area (Å²) in [7, 11) is 1.60. The largest absolute Gasteiger partial charge is 0.385 e. The molecule has 1 aliphatic rings. The van der Waals surface area contributed by atoms with Crippen LogP contribution < -0.4 is 10.6 Å². The zero-order valence-electron chi connectivity index (χ0n) is 22.9. The number of aromatic nitrogens is 4. The molecule has 1 amide bonds. The normalized spacial score (nSPS) is 18.5. The van der Waals surface area contributed by atoms with E-state index in [1.165, 1.54) is 24.4 Å². The third-order valence-corrected chi connectivity index (χ3v) is 6.62. The number of imidazole rings is 1. The number of ether oxygens (including phenoxy) is 3. The van der Waals surface area contributed by atoms with E-state index < -0.39 is 29.2 Å². The molecule has 13 heteroatoms. The maximum absolute atomic E-state index is 13.7. The number of benzene rings is 2. The number of rotatable bonds is 10. The Morgan fingerprint density at radius 1 is 1.07 bits per heavy atom. The van der Waals surface area contributed by atoms with Crippen molar-refractivity contribution in [2.75, 3.05) is 38.8 Å². The van der Waals surface area contributed by atoms with Crippen molar-refractivity contribution in [1.29, 1.82) is 0 Å². The summed E-state index contributed by atoms with van der Waals surface area (Å²) >= 11 is 0. The maximum atomic E-state index is 13.7. The number of nitrogens with zero attached hydrogens (tertiary/aromatic N) is 3. The second-order valence-corrected chi connectivity index (χ2v) is 9.99. The van der Waals surface area contributed by atoms with Crippen molar-refractivity contribution in [2.24, 2.45) is 5.41 Å². The zero-order valence-corrected chi connectivity index (χ0v) is 22.9. The quantitative estimate of drug-likeness (QED) is 0.226. The van der Waals surface area contributed by atoms with Crippen LogP contribution in [0.3, 0.4) is 0 Å². The SMILES string of the molecule is COCCCNC(=O)C1(C)COC(c2nc(-c3ccc(F)cc3)c(-c3ccnc(Nc4ccc(F)c(F)c4)n3)[nH]2)OC1. The minimum Gasteiger partial charge on any atom is -0.385 e. The fourth-order valence-electron chi connectivity index (χ4n) is 4.30. The van der Waals surface area contributed by atoms with Crippen molar-refractivity contribution in [1.82, 2.24) is 25.3 Å². The second kappa shape index (κ2) is 12.7. The van der Waals surface area contributed by atoms with E-state index in [9.17, 15) is 18.0 Å². The highest BCUT2D eigenvalue weighted by Gasteiger charge is 2.40. The molecule has 3 heterocycles. The van der Waals surface area contributed by atoms with Crippen LogP contribution in [0.2, 0.25) is 0 Å². The standard InChI is InChI=1S/C29H29F3N6O4/c1-29(27(39)33-11-3-13-40-2)15-41-26(42-16-29)25-37-23(17-4-6-18(30)7-5-17)24(38-25)22-10-12-34-28(36-22)35-19-8-9-20(31)21(32)14-19/h4-10,12,14,26H,3,11,13,15-16H2,1-2H3,(H,33,39)(H,37,38)(H,34,35,36). The van der Waals surface area contributed by atoms with Crippen molar-refractivity contribution < 1.29 is 32.2 Å². The third kappa shape index (κ3) is 6.59. The van der Waals surface area contributed by atoms with Crippen molar-refractivity contribution in [3.63, 3.8) is 0 Å². The number of amides is 1. The van der Waals surface area contributed by atoms with Gasteiger partial charge < -0.3 is 29.8 Å². The predicted octanol–water partition coefficient (Wildman–Crippen LogP) is 4.90. The number of nitrogens with one attached hydrogen (secondary N) is 3. The van der Waals surface area contributed by atoms with Crippen LogP contribution in [0.15, 0.2) is 54.7 Å². The number of carbonyl (C=O) groups excluding carboxylic acids is 1. The smallest absolute Gasteiger partial charge is 0.230 e. The summed E-state index contributed by atoms with van der Waals surface area (Å²) in [5.74, 6) is -2.14. The molecule has 1 aliphatic heterocycles. The molecule has 0 bridgehead atoms. The minimum atomic E-state index is -1.01.